The van der Waals surface area contributed by atoms with E-state index in [-0.39, 0.29) is 18.6 Å². The Morgan fingerprint density at radius 1 is 1.50 bits per heavy atom. The number of aliphatic hydroxyl groups excluding tert-OH is 1. The van der Waals surface area contributed by atoms with Crippen LogP contribution in [0.15, 0.2) is 22.8 Å². The molecule has 1 heterocycles. The molecule has 0 aliphatic carbocycles. The summed E-state index contributed by atoms with van der Waals surface area (Å²) in [4.78, 5) is 11.4. The molecule has 0 saturated carbocycles. The molecule has 114 valence electrons. The number of hydrogen-bond donors (Lipinski definition) is 3. The van der Waals surface area contributed by atoms with Gasteiger partial charge < -0.3 is 24.9 Å². The summed E-state index contributed by atoms with van der Waals surface area (Å²) in [6.07, 6.45) is 1.38. The van der Waals surface area contributed by atoms with Crippen LogP contribution in [0.25, 0.3) is 0 Å². The average molecular weight is 284 g/mol. The van der Waals surface area contributed by atoms with Gasteiger partial charge in [0.25, 0.3) is 0 Å². The van der Waals surface area contributed by atoms with Gasteiger partial charge in [-0.3, -0.25) is 4.79 Å². The van der Waals surface area contributed by atoms with E-state index in [1.807, 2.05) is 19.9 Å². The third kappa shape index (κ3) is 7.93. The number of ether oxygens (including phenoxy) is 1. The molecule has 0 fully saturated rings. The molecule has 3 N–H and O–H groups in total. The Balaban J connectivity index is 1.97. The monoisotopic (exact) mass is 284 g/mol. The molecule has 0 spiro atoms. The van der Waals surface area contributed by atoms with Gasteiger partial charge in [-0.15, -0.1) is 0 Å². The van der Waals surface area contributed by atoms with Crippen LogP contribution in [0.4, 0.5) is 0 Å². The van der Waals surface area contributed by atoms with Crippen LogP contribution < -0.4 is 10.6 Å². The fourth-order valence-electron chi connectivity index (χ4n) is 1.61. The average Bonchev–Trinajstić information content (AvgIpc) is 2.87. The van der Waals surface area contributed by atoms with Gasteiger partial charge in [0, 0.05) is 25.6 Å². The molecule has 0 aromatic carbocycles. The lowest BCUT2D eigenvalue weighted by molar-refractivity contribution is -0.121. The van der Waals surface area contributed by atoms with Gasteiger partial charge in [0.2, 0.25) is 5.91 Å². The molecule has 1 aromatic rings. The van der Waals surface area contributed by atoms with Gasteiger partial charge >= 0.3 is 0 Å². The van der Waals surface area contributed by atoms with Crippen molar-refractivity contribution in [1.29, 1.82) is 0 Å². The fraction of sp³-hybridized carbons (Fsp3) is 0.643. The smallest absolute Gasteiger partial charge is 0.221 e. The summed E-state index contributed by atoms with van der Waals surface area (Å²) >= 11 is 0. The number of rotatable bonds is 10. The predicted molar refractivity (Wildman–Crippen MR) is 75.1 cm³/mol. The van der Waals surface area contributed by atoms with Gasteiger partial charge in [-0.05, 0) is 26.0 Å². The molecule has 1 amide bonds. The van der Waals surface area contributed by atoms with Crippen molar-refractivity contribution in [2.45, 2.75) is 39.0 Å². The Kier molecular flexibility index (Phi) is 7.94. The maximum absolute atomic E-state index is 11.4. The van der Waals surface area contributed by atoms with Crippen LogP contribution in [0.5, 0.6) is 0 Å². The number of furan rings is 1. The molecule has 0 saturated heterocycles. The third-order valence-electron chi connectivity index (χ3n) is 2.49. The SMILES string of the molecule is CC(C)NC(=O)CCNCC(O)COCc1ccco1. The zero-order chi connectivity index (χ0) is 14.8. The van der Waals surface area contributed by atoms with Gasteiger partial charge in [0.15, 0.2) is 0 Å². The molecular formula is C14H24N2O4. The maximum Gasteiger partial charge on any atom is 0.221 e. The maximum atomic E-state index is 11.4. The standard InChI is InChI=1S/C14H24N2O4/c1-11(2)16-14(18)5-6-15-8-12(17)9-19-10-13-4-3-7-20-13/h3-4,7,11-12,15,17H,5-6,8-10H2,1-2H3,(H,16,18). The van der Waals surface area contributed by atoms with Crippen molar-refractivity contribution in [2.24, 2.45) is 0 Å². The van der Waals surface area contributed by atoms with Crippen molar-refractivity contribution < 1.29 is 19.1 Å². The van der Waals surface area contributed by atoms with Gasteiger partial charge in [-0.25, -0.2) is 0 Å². The molecule has 0 aliphatic rings. The molecule has 1 rings (SSSR count). The number of carbonyl (C=O) groups excluding carboxylic acids is 1. The summed E-state index contributed by atoms with van der Waals surface area (Å²) in [5.41, 5.74) is 0. The first-order valence-corrected chi connectivity index (χ1v) is 6.86. The van der Waals surface area contributed by atoms with E-state index >= 15 is 0 Å². The lowest BCUT2D eigenvalue weighted by Gasteiger charge is -2.12. The molecule has 0 bridgehead atoms. The van der Waals surface area contributed by atoms with Crippen LogP contribution in [0, 0.1) is 0 Å². The van der Waals surface area contributed by atoms with Crippen molar-refractivity contribution in [2.75, 3.05) is 19.7 Å². The van der Waals surface area contributed by atoms with Crippen molar-refractivity contribution in [3.05, 3.63) is 24.2 Å². The fourth-order valence-corrected chi connectivity index (χ4v) is 1.61. The van der Waals surface area contributed by atoms with Crippen LogP contribution in [-0.4, -0.2) is 42.9 Å². The minimum Gasteiger partial charge on any atom is -0.467 e. The van der Waals surface area contributed by atoms with Gasteiger partial charge in [0.1, 0.15) is 12.4 Å². The molecule has 20 heavy (non-hydrogen) atoms. The van der Waals surface area contributed by atoms with Crippen molar-refractivity contribution in [3.63, 3.8) is 0 Å². The Morgan fingerprint density at radius 3 is 2.95 bits per heavy atom. The summed E-state index contributed by atoms with van der Waals surface area (Å²) in [5.74, 6) is 0.742. The van der Waals surface area contributed by atoms with E-state index in [0.717, 1.165) is 5.76 Å². The van der Waals surface area contributed by atoms with Crippen molar-refractivity contribution >= 4 is 5.91 Å². The second-order valence-electron chi connectivity index (χ2n) is 4.92. The van der Waals surface area contributed by atoms with Crippen LogP contribution in [0.1, 0.15) is 26.0 Å². The van der Waals surface area contributed by atoms with E-state index in [4.69, 9.17) is 9.15 Å². The summed E-state index contributed by atoms with van der Waals surface area (Å²) in [5, 5.41) is 15.5. The predicted octanol–water partition coefficient (Wildman–Crippen LogP) is 0.661. The molecule has 1 unspecified atom stereocenters. The second kappa shape index (κ2) is 9.52. The number of nitrogens with one attached hydrogen (secondary N) is 2. The van der Waals surface area contributed by atoms with E-state index in [0.29, 0.717) is 26.1 Å². The minimum atomic E-state index is -0.599. The molecule has 1 aromatic heterocycles. The Hall–Kier alpha value is -1.37. The highest BCUT2D eigenvalue weighted by Crippen LogP contribution is 2.01. The van der Waals surface area contributed by atoms with E-state index in [1.54, 1.807) is 12.3 Å². The van der Waals surface area contributed by atoms with Crippen LogP contribution in [0.2, 0.25) is 0 Å². The highest BCUT2D eigenvalue weighted by atomic mass is 16.5. The van der Waals surface area contributed by atoms with Gasteiger partial charge in [-0.1, -0.05) is 0 Å². The van der Waals surface area contributed by atoms with Crippen molar-refractivity contribution in [1.82, 2.24) is 10.6 Å². The summed E-state index contributed by atoms with van der Waals surface area (Å²) in [7, 11) is 0. The van der Waals surface area contributed by atoms with Gasteiger partial charge in [-0.2, -0.15) is 0 Å². The third-order valence-corrected chi connectivity index (χ3v) is 2.49. The molecular weight excluding hydrogens is 260 g/mol. The number of amides is 1. The van der Waals surface area contributed by atoms with E-state index < -0.39 is 6.10 Å². The number of hydrogen-bond acceptors (Lipinski definition) is 5. The highest BCUT2D eigenvalue weighted by molar-refractivity contribution is 5.76. The van der Waals surface area contributed by atoms with E-state index in [9.17, 15) is 9.90 Å². The molecule has 0 radical (unpaired) electrons. The molecule has 0 aliphatic heterocycles. The Morgan fingerprint density at radius 2 is 2.30 bits per heavy atom. The molecule has 6 heteroatoms. The quantitative estimate of drug-likeness (QED) is 0.550. The zero-order valence-corrected chi connectivity index (χ0v) is 12.1. The largest absolute Gasteiger partial charge is 0.467 e. The first-order chi connectivity index (χ1) is 9.58. The molecule has 6 nitrogen and oxygen atoms in total. The lowest BCUT2D eigenvalue weighted by Crippen LogP contribution is -2.35. The number of carbonyl (C=O) groups is 1. The summed E-state index contributed by atoms with van der Waals surface area (Å²) in [6, 6.07) is 3.76. The topological polar surface area (TPSA) is 83.7 Å². The van der Waals surface area contributed by atoms with E-state index in [1.165, 1.54) is 0 Å². The lowest BCUT2D eigenvalue weighted by atomic mass is 10.3. The summed E-state index contributed by atoms with van der Waals surface area (Å²) in [6.45, 7) is 5.35. The Bertz CT molecular complexity index is 365. The normalized spacial score (nSPS) is 12.6. The van der Waals surface area contributed by atoms with E-state index in [2.05, 4.69) is 10.6 Å². The van der Waals surface area contributed by atoms with Crippen molar-refractivity contribution in [3.8, 4) is 0 Å². The van der Waals surface area contributed by atoms with Gasteiger partial charge in [0.05, 0.1) is 19.0 Å². The van der Waals surface area contributed by atoms with Crippen LogP contribution in [-0.2, 0) is 16.1 Å². The zero-order valence-electron chi connectivity index (χ0n) is 12.1. The minimum absolute atomic E-state index is 0.0102. The first kappa shape index (κ1) is 16.7. The van der Waals surface area contributed by atoms with Crippen LogP contribution in [0.3, 0.4) is 0 Å². The first-order valence-electron chi connectivity index (χ1n) is 6.86. The Labute approximate surface area is 119 Å². The number of aliphatic hydroxyl groups is 1. The van der Waals surface area contributed by atoms with Crippen LogP contribution >= 0.6 is 0 Å². The molecule has 1 atom stereocenters. The second-order valence-corrected chi connectivity index (χ2v) is 4.92. The highest BCUT2D eigenvalue weighted by Gasteiger charge is 2.06. The summed E-state index contributed by atoms with van der Waals surface area (Å²) < 4.78 is 10.4.